The third-order valence-corrected chi connectivity index (χ3v) is 19.4. The lowest BCUT2D eigenvalue weighted by Gasteiger charge is -2.44. The second-order valence-electron chi connectivity index (χ2n) is 25.8. The van der Waals surface area contributed by atoms with Crippen molar-refractivity contribution in [3.05, 3.63) is 196 Å². The number of fused-ring (bicyclic) bond motifs is 2. The Morgan fingerprint density at radius 3 is 1.95 bits per heavy atom. The maximum Gasteiger partial charge on any atom is 0.416 e. The van der Waals surface area contributed by atoms with E-state index in [1.54, 1.807) is 35.9 Å². The molecule has 0 radical (unpaired) electrons. The Morgan fingerprint density at radius 2 is 1.29 bits per heavy atom. The molecule has 3 saturated heterocycles. The Bertz CT molecular complexity index is 3590. The summed E-state index contributed by atoms with van der Waals surface area (Å²) in [6, 6.07) is 40.3. The quantitative estimate of drug-likeness (QED) is 0.0351. The number of rotatable bonds is 24. The number of likely N-dealkylation sites (tertiary alicyclic amines) is 2. The van der Waals surface area contributed by atoms with E-state index in [0.29, 0.717) is 81.7 Å². The summed E-state index contributed by atoms with van der Waals surface area (Å²) in [5.41, 5.74) is 2.69. The summed E-state index contributed by atoms with van der Waals surface area (Å²) in [6.07, 6.45) is -3.03. The molecule has 1 N–H and O–H groups in total. The summed E-state index contributed by atoms with van der Waals surface area (Å²) in [6.45, 7) is 8.40. The van der Waals surface area contributed by atoms with Crippen LogP contribution in [-0.4, -0.2) is 178 Å². The van der Waals surface area contributed by atoms with Gasteiger partial charge in [-0.3, -0.25) is 24.0 Å². The van der Waals surface area contributed by atoms with Crippen LogP contribution in [0.3, 0.4) is 0 Å². The summed E-state index contributed by atoms with van der Waals surface area (Å²) in [5.74, 6) is -1.53. The number of nitrogens with one attached hydrogen (secondary N) is 1. The molecule has 4 amide bonds. The Morgan fingerprint density at radius 1 is 0.670 bits per heavy atom. The first-order chi connectivity index (χ1) is 46.4. The number of piperidine rings is 2. The molecule has 15 nitrogen and oxygen atoms in total. The van der Waals surface area contributed by atoms with Crippen molar-refractivity contribution in [2.75, 3.05) is 112 Å². The highest BCUT2D eigenvalue weighted by Gasteiger charge is 2.50. The number of ether oxygens (including phenoxy) is 3. The number of carbonyl (C=O) groups is 5. The standard InChI is InChI=1S/C41H55N5O5.C34H33F7N2O3/c1-5-38(47)43(2)25-12-26-45(4)41(50)33-18-20-35(21-19-33)42-24-11-17-39(48)44(3)29-30-46-27-22-36(23-28-46)51-40(49)31-34-15-9-10-16-37(34)32-13-7-6-8-14-32;1-45-29-18-22-4-2-3-5-28(22)31(29)10-13-42(14-11-31)15-12-32(24-6-8-27(35)9-7-24)20-43(21-46-32)30(44)23-16-25(33(36,37)38)19-26(17-23)34(39,40)41/h6-10,13-16,18-21,36,42H,5,11-12,17,22-31H2,1-4H3;2-9,16-17,19,29H,10-15,18,20-21H2,1H3/t;29-,32-/m.0/s1. The van der Waals surface area contributed by atoms with Crippen molar-refractivity contribution in [1.29, 1.82) is 0 Å². The second kappa shape index (κ2) is 32.9. The second-order valence-corrected chi connectivity index (χ2v) is 25.8. The molecule has 2 atom stereocenters. The Balaban J connectivity index is 0.000000228. The van der Waals surface area contributed by atoms with Gasteiger partial charge in [-0.05, 0) is 152 Å². The highest BCUT2D eigenvalue weighted by molar-refractivity contribution is 5.95. The summed E-state index contributed by atoms with van der Waals surface area (Å²) in [4.78, 5) is 74.4. The van der Waals surface area contributed by atoms with Crippen molar-refractivity contribution < 1.29 is 68.9 Å². The van der Waals surface area contributed by atoms with Crippen LogP contribution in [0.2, 0.25) is 0 Å². The minimum Gasteiger partial charge on any atom is -0.462 e. The fourth-order valence-electron chi connectivity index (χ4n) is 13.7. The molecule has 0 aromatic heterocycles. The molecule has 3 heterocycles. The summed E-state index contributed by atoms with van der Waals surface area (Å²) < 4.78 is 113. The molecule has 1 spiro atoms. The molecule has 1 aliphatic carbocycles. The van der Waals surface area contributed by atoms with Crippen molar-refractivity contribution in [3.8, 4) is 11.1 Å². The van der Waals surface area contributed by atoms with Gasteiger partial charge >= 0.3 is 18.3 Å². The number of alkyl halides is 6. The van der Waals surface area contributed by atoms with Crippen LogP contribution in [0.5, 0.6) is 0 Å². The monoisotopic (exact) mass is 1350 g/mol. The van der Waals surface area contributed by atoms with E-state index in [1.165, 1.54) is 35.4 Å². The van der Waals surface area contributed by atoms with Crippen LogP contribution in [0, 0.1) is 5.82 Å². The van der Waals surface area contributed by atoms with E-state index in [2.05, 4.69) is 39.4 Å². The van der Waals surface area contributed by atoms with Gasteiger partial charge in [0, 0.05) is 116 Å². The molecule has 0 bridgehead atoms. The van der Waals surface area contributed by atoms with Crippen molar-refractivity contribution in [3.63, 3.8) is 0 Å². The molecular formula is C75H88F7N7O8. The highest BCUT2D eigenvalue weighted by Crippen LogP contribution is 2.48. The SMILES string of the molecule is CCC(=O)N(C)CCCN(C)C(=O)c1ccc(NCCCC(=O)N(C)CCN2CCC(OC(=O)Cc3ccccc3-c3ccccc3)CC2)cc1.CO[C@H]1Cc2ccccc2C12CCN(CC[C@@]1(c3ccc(F)cc3)CN(C(=O)c3cc(C(F)(F)F)cc(C(F)(F)F)c3)CO1)CC2. The summed E-state index contributed by atoms with van der Waals surface area (Å²) in [5, 5.41) is 3.34. The molecule has 4 aliphatic rings. The third-order valence-electron chi connectivity index (χ3n) is 19.4. The van der Waals surface area contributed by atoms with Crippen LogP contribution in [0.15, 0.2) is 146 Å². The molecular weight excluding hydrogens is 1260 g/mol. The van der Waals surface area contributed by atoms with Crippen LogP contribution in [0.1, 0.15) is 119 Å². The van der Waals surface area contributed by atoms with Gasteiger partial charge in [-0.1, -0.05) is 97.9 Å². The zero-order valence-corrected chi connectivity index (χ0v) is 55.9. The van der Waals surface area contributed by atoms with Crippen LogP contribution in [0.4, 0.5) is 36.4 Å². The molecule has 6 aromatic rings. The van der Waals surface area contributed by atoms with E-state index >= 15 is 0 Å². The van der Waals surface area contributed by atoms with E-state index in [1.807, 2.05) is 92.8 Å². The number of likely N-dealkylation sites (N-methyl/N-ethyl adjacent to an activating group) is 1. The summed E-state index contributed by atoms with van der Waals surface area (Å²) in [7, 11) is 7.16. The average molecular weight is 1350 g/mol. The number of halogens is 7. The molecule has 520 valence electrons. The smallest absolute Gasteiger partial charge is 0.416 e. The van der Waals surface area contributed by atoms with Crippen LogP contribution >= 0.6 is 0 Å². The maximum absolute atomic E-state index is 13.9. The van der Waals surface area contributed by atoms with Crippen molar-refractivity contribution in [2.45, 2.75) is 113 Å². The number of amides is 4. The van der Waals surface area contributed by atoms with E-state index < -0.39 is 46.4 Å². The molecule has 97 heavy (non-hydrogen) atoms. The fourth-order valence-corrected chi connectivity index (χ4v) is 13.7. The van der Waals surface area contributed by atoms with Gasteiger partial charge in [0.1, 0.15) is 24.3 Å². The predicted molar refractivity (Wildman–Crippen MR) is 357 cm³/mol. The number of hydrogen-bond donors (Lipinski definition) is 1. The Hall–Kier alpha value is -8.18. The Kier molecular flexibility index (Phi) is 24.8. The van der Waals surface area contributed by atoms with Crippen LogP contribution in [-0.2, 0) is 64.8 Å². The van der Waals surface area contributed by atoms with Gasteiger partial charge in [-0.15, -0.1) is 0 Å². The molecule has 3 aliphatic heterocycles. The Labute approximate surface area is 563 Å². The molecule has 0 unspecified atom stereocenters. The fraction of sp³-hybridized carbons (Fsp3) is 0.453. The zero-order chi connectivity index (χ0) is 69.5. The van der Waals surface area contributed by atoms with Crippen molar-refractivity contribution >= 4 is 35.3 Å². The van der Waals surface area contributed by atoms with Crippen molar-refractivity contribution in [2.24, 2.45) is 0 Å². The predicted octanol–water partition coefficient (Wildman–Crippen LogP) is 12.8. The molecule has 6 aromatic carbocycles. The van der Waals surface area contributed by atoms with E-state index in [9.17, 15) is 54.7 Å². The highest BCUT2D eigenvalue weighted by atomic mass is 19.4. The number of methoxy groups -OCH3 is 1. The minimum absolute atomic E-state index is 0.0121. The van der Waals surface area contributed by atoms with E-state index in [-0.39, 0.29) is 67.1 Å². The van der Waals surface area contributed by atoms with Gasteiger partial charge in [0.05, 0.1) is 30.2 Å². The van der Waals surface area contributed by atoms with Crippen molar-refractivity contribution in [1.82, 2.24) is 29.4 Å². The number of anilines is 1. The van der Waals surface area contributed by atoms with Gasteiger partial charge in [0.15, 0.2) is 0 Å². The lowest BCUT2D eigenvalue weighted by atomic mass is 9.72. The van der Waals surface area contributed by atoms with Gasteiger partial charge in [-0.2, -0.15) is 26.3 Å². The molecule has 0 saturated carbocycles. The first-order valence-corrected chi connectivity index (χ1v) is 33.3. The molecule has 10 rings (SSSR count). The number of carbonyl (C=O) groups excluding carboxylic acids is 5. The van der Waals surface area contributed by atoms with E-state index in [4.69, 9.17) is 14.2 Å². The van der Waals surface area contributed by atoms with Gasteiger partial charge in [0.25, 0.3) is 11.8 Å². The number of hydrogen-bond acceptors (Lipinski definition) is 11. The van der Waals surface area contributed by atoms with Gasteiger partial charge in [0.2, 0.25) is 11.8 Å². The van der Waals surface area contributed by atoms with E-state index in [0.717, 1.165) is 98.5 Å². The zero-order valence-electron chi connectivity index (χ0n) is 55.9. The minimum atomic E-state index is -5.09. The number of nitrogens with zero attached hydrogens (tertiary/aromatic N) is 6. The van der Waals surface area contributed by atoms with Gasteiger partial charge < -0.3 is 48.9 Å². The number of esters is 1. The first kappa shape index (κ1) is 73.1. The van der Waals surface area contributed by atoms with Crippen LogP contribution in [0.25, 0.3) is 11.1 Å². The normalized spacial score (nSPS) is 18.0. The lowest BCUT2D eigenvalue weighted by molar-refractivity contribution is -0.150. The number of benzene rings is 6. The average Bonchev–Trinajstić information content (AvgIpc) is 1.61. The molecule has 3 fully saturated rings. The van der Waals surface area contributed by atoms with Gasteiger partial charge in [-0.25, -0.2) is 4.39 Å². The largest absolute Gasteiger partial charge is 0.462 e. The topological polar surface area (TPSA) is 145 Å². The summed E-state index contributed by atoms with van der Waals surface area (Å²) >= 11 is 0. The first-order valence-electron chi connectivity index (χ1n) is 33.3. The maximum atomic E-state index is 13.9. The molecule has 22 heteroatoms. The van der Waals surface area contributed by atoms with Crippen LogP contribution < -0.4 is 5.32 Å². The lowest BCUT2D eigenvalue weighted by Crippen LogP contribution is -2.49. The third kappa shape index (κ3) is 18.9.